The molecule has 0 spiro atoms. The molecular weight excluding hydrogens is 420 g/mol. The van der Waals surface area contributed by atoms with Crippen molar-refractivity contribution in [3.63, 3.8) is 0 Å². The standard InChI is InChI=1S/C23H28O7S/c1-15-10-12-18(13-11-15)31(24,25)30-16(2)19-20(26-14-17-8-6-5-7-9-17)21-22(27-19)29-23(3,4)28-21/h5-13,16,19-22H,14H2,1-4H3/t16?,19-,20+,21?,22-/m1/s1. The van der Waals surface area contributed by atoms with Gasteiger partial charge in [0.1, 0.15) is 24.4 Å². The Kier molecular flexibility index (Phi) is 6.22. The van der Waals surface area contributed by atoms with Gasteiger partial charge in [-0.25, -0.2) is 0 Å². The SMILES string of the molecule is Cc1ccc(S(=O)(=O)OC(C)[C@H]2O[C@@H]3OC(C)(C)OC3[C@H]2OCc2ccccc2)cc1. The van der Waals surface area contributed by atoms with Crippen molar-refractivity contribution in [1.82, 2.24) is 0 Å². The van der Waals surface area contributed by atoms with Crippen LogP contribution in [0.25, 0.3) is 0 Å². The maximum Gasteiger partial charge on any atom is 0.297 e. The molecule has 8 heteroatoms. The molecule has 7 nitrogen and oxygen atoms in total. The van der Waals surface area contributed by atoms with E-state index in [4.69, 9.17) is 23.1 Å². The zero-order valence-electron chi connectivity index (χ0n) is 18.1. The molecule has 0 saturated carbocycles. The topological polar surface area (TPSA) is 80.3 Å². The smallest absolute Gasteiger partial charge is 0.297 e. The van der Waals surface area contributed by atoms with Crippen molar-refractivity contribution in [2.75, 3.05) is 0 Å². The van der Waals surface area contributed by atoms with Crippen LogP contribution in [0.2, 0.25) is 0 Å². The molecular formula is C23H28O7S. The highest BCUT2D eigenvalue weighted by Crippen LogP contribution is 2.40. The summed E-state index contributed by atoms with van der Waals surface area (Å²) in [6, 6.07) is 16.2. The van der Waals surface area contributed by atoms with E-state index in [1.54, 1.807) is 32.9 Å². The fraction of sp³-hybridized carbons (Fsp3) is 0.478. The van der Waals surface area contributed by atoms with Crippen molar-refractivity contribution in [2.24, 2.45) is 0 Å². The number of fused-ring (bicyclic) bond motifs is 1. The minimum absolute atomic E-state index is 0.0959. The minimum Gasteiger partial charge on any atom is -0.368 e. The van der Waals surface area contributed by atoms with E-state index in [0.717, 1.165) is 11.1 Å². The second-order valence-electron chi connectivity index (χ2n) is 8.40. The van der Waals surface area contributed by atoms with Crippen molar-refractivity contribution >= 4 is 10.1 Å². The van der Waals surface area contributed by atoms with Gasteiger partial charge in [0, 0.05) is 0 Å². The Labute approximate surface area is 183 Å². The van der Waals surface area contributed by atoms with E-state index in [0.29, 0.717) is 6.61 Å². The van der Waals surface area contributed by atoms with Gasteiger partial charge in [-0.05, 0) is 45.4 Å². The fourth-order valence-electron chi connectivity index (χ4n) is 3.85. The molecule has 5 atom stereocenters. The molecule has 168 valence electrons. The summed E-state index contributed by atoms with van der Waals surface area (Å²) < 4.78 is 55.1. The van der Waals surface area contributed by atoms with E-state index in [9.17, 15) is 8.42 Å². The Bertz CT molecular complexity index is 988. The quantitative estimate of drug-likeness (QED) is 0.599. The summed E-state index contributed by atoms with van der Waals surface area (Å²) in [5, 5.41) is 0. The van der Waals surface area contributed by atoms with Crippen molar-refractivity contribution < 1.29 is 31.5 Å². The number of hydrogen-bond acceptors (Lipinski definition) is 7. The van der Waals surface area contributed by atoms with Gasteiger partial charge in [-0.15, -0.1) is 0 Å². The Hall–Kier alpha value is -1.81. The summed E-state index contributed by atoms with van der Waals surface area (Å²) in [6.07, 6.45) is -3.20. The molecule has 0 bridgehead atoms. The average Bonchev–Trinajstić information content (AvgIpc) is 3.19. The summed E-state index contributed by atoms with van der Waals surface area (Å²) in [7, 11) is -3.97. The fourth-order valence-corrected chi connectivity index (χ4v) is 4.94. The molecule has 4 rings (SSSR count). The van der Waals surface area contributed by atoms with E-state index in [1.807, 2.05) is 37.3 Å². The predicted molar refractivity (Wildman–Crippen MR) is 113 cm³/mol. The zero-order valence-corrected chi connectivity index (χ0v) is 18.9. The van der Waals surface area contributed by atoms with E-state index in [-0.39, 0.29) is 4.90 Å². The van der Waals surface area contributed by atoms with Crippen molar-refractivity contribution in [3.05, 3.63) is 65.7 Å². The maximum atomic E-state index is 12.8. The Balaban J connectivity index is 1.51. The van der Waals surface area contributed by atoms with E-state index in [1.165, 1.54) is 12.1 Å². The van der Waals surface area contributed by atoms with Crippen LogP contribution in [0.4, 0.5) is 0 Å². The number of hydrogen-bond donors (Lipinski definition) is 0. The minimum atomic E-state index is -3.97. The molecule has 0 N–H and O–H groups in total. The molecule has 2 heterocycles. The predicted octanol–water partition coefficient (Wildman–Crippen LogP) is 3.55. The normalized spacial score (nSPS) is 28.4. The summed E-state index contributed by atoms with van der Waals surface area (Å²) in [4.78, 5) is 0.0959. The number of benzene rings is 2. The highest BCUT2D eigenvalue weighted by Gasteiger charge is 2.57. The molecule has 31 heavy (non-hydrogen) atoms. The third kappa shape index (κ3) is 5.00. The van der Waals surface area contributed by atoms with E-state index in [2.05, 4.69) is 0 Å². The Morgan fingerprint density at radius 3 is 2.39 bits per heavy atom. The molecule has 0 aliphatic carbocycles. The first kappa shape index (κ1) is 22.4. The lowest BCUT2D eigenvalue weighted by molar-refractivity contribution is -0.227. The zero-order chi connectivity index (χ0) is 22.2. The highest BCUT2D eigenvalue weighted by molar-refractivity contribution is 7.86. The van der Waals surface area contributed by atoms with Gasteiger partial charge in [0.15, 0.2) is 12.1 Å². The van der Waals surface area contributed by atoms with Crippen LogP contribution in [-0.4, -0.2) is 44.9 Å². The van der Waals surface area contributed by atoms with Crippen LogP contribution in [-0.2, 0) is 39.9 Å². The average molecular weight is 449 g/mol. The van der Waals surface area contributed by atoms with Gasteiger partial charge < -0.3 is 18.9 Å². The van der Waals surface area contributed by atoms with E-state index < -0.39 is 46.6 Å². The second kappa shape index (κ2) is 8.61. The summed E-state index contributed by atoms with van der Waals surface area (Å²) in [6.45, 7) is 7.48. The first-order chi connectivity index (χ1) is 14.6. The highest BCUT2D eigenvalue weighted by atomic mass is 32.2. The van der Waals surface area contributed by atoms with Gasteiger partial charge in [-0.2, -0.15) is 8.42 Å². The molecule has 2 aliphatic rings. The van der Waals surface area contributed by atoms with Crippen LogP contribution in [0, 0.1) is 6.92 Å². The summed E-state index contributed by atoms with van der Waals surface area (Å²) in [5.41, 5.74) is 1.95. The van der Waals surface area contributed by atoms with Crippen LogP contribution in [0.15, 0.2) is 59.5 Å². The van der Waals surface area contributed by atoms with Gasteiger partial charge in [0.05, 0.1) is 11.5 Å². The lowest BCUT2D eigenvalue weighted by Gasteiger charge is -2.29. The summed E-state index contributed by atoms with van der Waals surface area (Å²) >= 11 is 0. The monoisotopic (exact) mass is 448 g/mol. The number of aryl methyl sites for hydroxylation is 1. The largest absolute Gasteiger partial charge is 0.368 e. The molecule has 2 aromatic carbocycles. The molecule has 2 aromatic rings. The van der Waals surface area contributed by atoms with Crippen LogP contribution in [0.1, 0.15) is 31.9 Å². The lowest BCUT2D eigenvalue weighted by Crippen LogP contribution is -2.43. The first-order valence-corrected chi connectivity index (χ1v) is 11.7. The van der Waals surface area contributed by atoms with Gasteiger partial charge in [0.2, 0.25) is 0 Å². The van der Waals surface area contributed by atoms with Crippen LogP contribution in [0.5, 0.6) is 0 Å². The van der Waals surface area contributed by atoms with Gasteiger partial charge in [0.25, 0.3) is 10.1 Å². The van der Waals surface area contributed by atoms with Crippen LogP contribution in [0.3, 0.4) is 0 Å². The van der Waals surface area contributed by atoms with Crippen LogP contribution < -0.4 is 0 Å². The molecule has 0 aromatic heterocycles. The number of ether oxygens (including phenoxy) is 4. The molecule has 2 unspecified atom stereocenters. The molecule has 2 saturated heterocycles. The summed E-state index contributed by atoms with van der Waals surface area (Å²) in [5.74, 6) is -0.813. The van der Waals surface area contributed by atoms with Gasteiger partial charge in [-0.3, -0.25) is 4.18 Å². The van der Waals surface area contributed by atoms with Crippen LogP contribution >= 0.6 is 0 Å². The van der Waals surface area contributed by atoms with E-state index >= 15 is 0 Å². The first-order valence-electron chi connectivity index (χ1n) is 10.3. The molecule has 0 amide bonds. The molecule has 0 radical (unpaired) electrons. The van der Waals surface area contributed by atoms with Crippen molar-refractivity contribution in [2.45, 2.75) is 75.7 Å². The second-order valence-corrected chi connectivity index (χ2v) is 9.97. The maximum absolute atomic E-state index is 12.8. The third-order valence-electron chi connectivity index (χ3n) is 5.36. The van der Waals surface area contributed by atoms with Crippen molar-refractivity contribution in [3.8, 4) is 0 Å². The molecule has 2 fully saturated rings. The van der Waals surface area contributed by atoms with Gasteiger partial charge >= 0.3 is 0 Å². The molecule has 2 aliphatic heterocycles. The lowest BCUT2D eigenvalue weighted by atomic mass is 10.1. The number of rotatable bonds is 7. The van der Waals surface area contributed by atoms with Crippen molar-refractivity contribution in [1.29, 1.82) is 0 Å². The van der Waals surface area contributed by atoms with Gasteiger partial charge in [-0.1, -0.05) is 48.0 Å². The third-order valence-corrected chi connectivity index (χ3v) is 6.77. The Morgan fingerprint density at radius 1 is 1.03 bits per heavy atom. The Morgan fingerprint density at radius 2 is 1.71 bits per heavy atom.